The molecule has 6 nitrogen and oxygen atoms in total. The largest absolute Gasteiger partial charge is 0.497 e. The molecule has 1 amide bonds. The van der Waals surface area contributed by atoms with E-state index >= 15 is 0 Å². The maximum atomic E-state index is 12.6. The SMILES string of the molecule is COc1ccc(CC(=O)N=C2SC3CS(=O)(=O)CC3N2c2cccc(Br)c2)cc1. The predicted molar refractivity (Wildman–Crippen MR) is 120 cm³/mol. The molecule has 2 fully saturated rings. The van der Waals surface area contributed by atoms with Crippen molar-refractivity contribution in [3.63, 3.8) is 0 Å². The van der Waals surface area contributed by atoms with Gasteiger partial charge in [0, 0.05) is 15.4 Å². The number of nitrogens with zero attached hydrogens (tertiary/aromatic N) is 2. The summed E-state index contributed by atoms with van der Waals surface area (Å²) in [6, 6.07) is 14.7. The first-order valence-corrected chi connectivity index (χ1v) is 12.5. The third-order valence-corrected chi connectivity index (χ3v) is 8.59. The van der Waals surface area contributed by atoms with E-state index in [1.807, 2.05) is 53.4 Å². The molecule has 2 aromatic carbocycles. The summed E-state index contributed by atoms with van der Waals surface area (Å²) in [5.41, 5.74) is 1.67. The van der Waals surface area contributed by atoms with Gasteiger partial charge in [0.2, 0.25) is 0 Å². The van der Waals surface area contributed by atoms with Crippen molar-refractivity contribution in [1.29, 1.82) is 0 Å². The molecule has 0 aliphatic carbocycles. The van der Waals surface area contributed by atoms with Crippen LogP contribution in [0.1, 0.15) is 5.56 Å². The van der Waals surface area contributed by atoms with Gasteiger partial charge in [0.1, 0.15) is 5.75 Å². The number of halogens is 1. The van der Waals surface area contributed by atoms with Crippen molar-refractivity contribution < 1.29 is 17.9 Å². The van der Waals surface area contributed by atoms with Crippen LogP contribution >= 0.6 is 27.7 Å². The second-order valence-electron chi connectivity index (χ2n) is 6.96. The number of anilines is 1. The van der Waals surface area contributed by atoms with Gasteiger partial charge in [-0.1, -0.05) is 45.9 Å². The Morgan fingerprint density at radius 3 is 2.69 bits per heavy atom. The number of amidine groups is 1. The fourth-order valence-electron chi connectivity index (χ4n) is 3.56. The molecule has 0 bridgehead atoms. The zero-order valence-electron chi connectivity index (χ0n) is 15.6. The number of carbonyl (C=O) groups excluding carboxylic acids is 1. The maximum Gasteiger partial charge on any atom is 0.252 e. The summed E-state index contributed by atoms with van der Waals surface area (Å²) < 4.78 is 30.3. The van der Waals surface area contributed by atoms with Crippen molar-refractivity contribution in [2.75, 3.05) is 23.5 Å². The van der Waals surface area contributed by atoms with E-state index in [2.05, 4.69) is 20.9 Å². The summed E-state index contributed by atoms with van der Waals surface area (Å²) in [5, 5.41) is 0.443. The number of amides is 1. The Morgan fingerprint density at radius 1 is 1.24 bits per heavy atom. The van der Waals surface area contributed by atoms with Crippen LogP contribution < -0.4 is 9.64 Å². The van der Waals surface area contributed by atoms with Gasteiger partial charge >= 0.3 is 0 Å². The van der Waals surface area contributed by atoms with Gasteiger partial charge in [0.15, 0.2) is 15.0 Å². The first-order valence-electron chi connectivity index (χ1n) is 9.01. The standard InChI is InChI=1S/C20H19BrN2O4S2/c1-27-16-7-5-13(6-8-16)9-19(24)22-20-23(15-4-2-3-14(21)10-15)17-11-29(25,26)12-18(17)28-20/h2-8,10,17-18H,9,11-12H2,1H3. The molecule has 0 radical (unpaired) electrons. The highest BCUT2D eigenvalue weighted by atomic mass is 79.9. The first kappa shape index (κ1) is 20.4. The van der Waals surface area contributed by atoms with Gasteiger partial charge < -0.3 is 9.64 Å². The maximum absolute atomic E-state index is 12.6. The van der Waals surface area contributed by atoms with Gasteiger partial charge in [-0.05, 0) is 35.9 Å². The van der Waals surface area contributed by atoms with Crippen LogP contribution in [0.15, 0.2) is 58.0 Å². The zero-order chi connectivity index (χ0) is 20.6. The van der Waals surface area contributed by atoms with Gasteiger partial charge in [0.25, 0.3) is 5.91 Å². The van der Waals surface area contributed by atoms with E-state index in [0.717, 1.165) is 21.5 Å². The van der Waals surface area contributed by atoms with Crippen molar-refractivity contribution >= 4 is 54.3 Å². The van der Waals surface area contributed by atoms with E-state index < -0.39 is 9.84 Å². The third-order valence-electron chi connectivity index (χ3n) is 4.89. The molecule has 2 atom stereocenters. The summed E-state index contributed by atoms with van der Waals surface area (Å²) in [6.45, 7) is 0. The predicted octanol–water partition coefficient (Wildman–Crippen LogP) is 3.30. The minimum Gasteiger partial charge on any atom is -0.497 e. The van der Waals surface area contributed by atoms with Gasteiger partial charge in [-0.2, -0.15) is 4.99 Å². The van der Waals surface area contributed by atoms with E-state index in [4.69, 9.17) is 4.74 Å². The summed E-state index contributed by atoms with van der Waals surface area (Å²) in [5.74, 6) is 0.649. The molecule has 9 heteroatoms. The molecule has 2 aromatic rings. The lowest BCUT2D eigenvalue weighted by molar-refractivity contribution is -0.117. The molecule has 2 heterocycles. The number of hydrogen-bond acceptors (Lipinski definition) is 5. The molecule has 0 saturated carbocycles. The van der Waals surface area contributed by atoms with Crippen LogP contribution in [-0.2, 0) is 21.1 Å². The minimum atomic E-state index is -3.09. The lowest BCUT2D eigenvalue weighted by Crippen LogP contribution is -2.37. The number of thioether (sulfide) groups is 1. The number of rotatable bonds is 4. The topological polar surface area (TPSA) is 76.0 Å². The van der Waals surface area contributed by atoms with Crippen LogP contribution in [0.3, 0.4) is 0 Å². The molecule has 152 valence electrons. The Labute approximate surface area is 182 Å². The van der Waals surface area contributed by atoms with Crippen LogP contribution in [0.4, 0.5) is 5.69 Å². The summed E-state index contributed by atoms with van der Waals surface area (Å²) in [7, 11) is -1.50. The fraction of sp³-hybridized carbons (Fsp3) is 0.300. The van der Waals surface area contributed by atoms with Gasteiger partial charge in [-0.3, -0.25) is 4.79 Å². The van der Waals surface area contributed by atoms with Crippen molar-refractivity contribution in [3.8, 4) is 5.75 Å². The third kappa shape index (κ3) is 4.51. The van der Waals surface area contributed by atoms with Gasteiger partial charge in [-0.15, -0.1) is 0 Å². The number of fused-ring (bicyclic) bond motifs is 1. The van der Waals surface area contributed by atoms with E-state index in [1.54, 1.807) is 7.11 Å². The van der Waals surface area contributed by atoms with Crippen molar-refractivity contribution in [2.45, 2.75) is 17.7 Å². The quantitative estimate of drug-likeness (QED) is 0.648. The summed E-state index contributed by atoms with van der Waals surface area (Å²) in [4.78, 5) is 18.9. The van der Waals surface area contributed by atoms with Crippen molar-refractivity contribution in [1.82, 2.24) is 0 Å². The normalized spacial score (nSPS) is 23.9. The van der Waals surface area contributed by atoms with E-state index in [9.17, 15) is 13.2 Å². The molecule has 4 rings (SSSR count). The Hall–Kier alpha value is -1.84. The lowest BCUT2D eigenvalue weighted by atomic mass is 10.1. The summed E-state index contributed by atoms with van der Waals surface area (Å²) >= 11 is 4.84. The highest BCUT2D eigenvalue weighted by Crippen LogP contribution is 2.41. The number of aliphatic imine (C=N–C) groups is 1. The highest BCUT2D eigenvalue weighted by molar-refractivity contribution is 9.10. The smallest absolute Gasteiger partial charge is 0.252 e. The average molecular weight is 495 g/mol. The van der Waals surface area contributed by atoms with Gasteiger partial charge in [0.05, 0.1) is 31.1 Å². The number of sulfone groups is 1. The van der Waals surface area contributed by atoms with Crippen LogP contribution in [0, 0.1) is 0 Å². The van der Waals surface area contributed by atoms with Crippen LogP contribution in [0.5, 0.6) is 5.75 Å². The highest BCUT2D eigenvalue weighted by Gasteiger charge is 2.49. The van der Waals surface area contributed by atoms with Crippen molar-refractivity contribution in [2.24, 2.45) is 4.99 Å². The van der Waals surface area contributed by atoms with Crippen LogP contribution in [0.25, 0.3) is 0 Å². The number of carbonyl (C=O) groups is 1. The van der Waals surface area contributed by atoms with Crippen LogP contribution in [-0.4, -0.2) is 49.4 Å². The molecule has 0 aromatic heterocycles. The first-order chi connectivity index (χ1) is 13.8. The number of benzene rings is 2. The van der Waals surface area contributed by atoms with Crippen molar-refractivity contribution in [3.05, 3.63) is 58.6 Å². The second-order valence-corrected chi connectivity index (χ2v) is 11.2. The Kier molecular flexibility index (Phi) is 5.72. The number of hydrogen-bond donors (Lipinski definition) is 0. The molecule has 2 aliphatic rings. The Bertz CT molecular complexity index is 1070. The Morgan fingerprint density at radius 2 is 2.00 bits per heavy atom. The van der Waals surface area contributed by atoms with E-state index in [1.165, 1.54) is 11.8 Å². The average Bonchev–Trinajstić information content (AvgIpc) is 3.12. The fourth-order valence-corrected chi connectivity index (χ4v) is 7.87. The molecule has 2 unspecified atom stereocenters. The van der Waals surface area contributed by atoms with Crippen LogP contribution in [0.2, 0.25) is 0 Å². The minimum absolute atomic E-state index is 0.0723. The molecule has 2 aliphatic heterocycles. The monoisotopic (exact) mass is 494 g/mol. The molecule has 2 saturated heterocycles. The molecular weight excluding hydrogens is 476 g/mol. The number of methoxy groups -OCH3 is 1. The molecule has 0 spiro atoms. The van der Waals surface area contributed by atoms with Gasteiger partial charge in [-0.25, -0.2) is 8.42 Å². The second kappa shape index (κ2) is 8.12. The molecule has 29 heavy (non-hydrogen) atoms. The number of ether oxygens (including phenoxy) is 1. The summed E-state index contributed by atoms with van der Waals surface area (Å²) in [6.07, 6.45) is 0.175. The van der Waals surface area contributed by atoms with E-state index in [-0.39, 0.29) is 35.1 Å². The molecule has 0 N–H and O–H groups in total. The zero-order valence-corrected chi connectivity index (χ0v) is 18.8. The molecular formula is C20H19BrN2O4S2. The lowest BCUT2D eigenvalue weighted by Gasteiger charge is -2.24. The van der Waals surface area contributed by atoms with E-state index in [0.29, 0.717) is 5.17 Å². The Balaban J connectivity index is 1.61.